The Balaban J connectivity index is 1.83. The molecule has 3 aromatic carbocycles. The monoisotopic (exact) mass is 413 g/mol. The van der Waals surface area contributed by atoms with Crippen LogP contribution in [0.15, 0.2) is 83.3 Å². The van der Waals surface area contributed by atoms with Crippen LogP contribution in [-0.4, -0.2) is 4.57 Å². The summed E-state index contributed by atoms with van der Waals surface area (Å²) in [6, 6.07) is 28.1. The molecule has 0 N–H and O–H groups in total. The first-order valence-electron chi connectivity index (χ1n) is 9.37. The van der Waals surface area contributed by atoms with Gasteiger partial charge in [0.2, 0.25) is 0 Å². The number of benzene rings is 3. The van der Waals surface area contributed by atoms with Crippen LogP contribution in [0, 0.1) is 0 Å². The maximum absolute atomic E-state index is 3.67. The fourth-order valence-corrected chi connectivity index (χ4v) is 4.67. The normalized spacial score (nSPS) is 16.2. The summed E-state index contributed by atoms with van der Waals surface area (Å²) in [5.74, 6) is 0.451. The Kier molecular flexibility index (Phi) is 4.02. The lowest BCUT2D eigenvalue weighted by molar-refractivity contribution is 0.733. The molecule has 4 aromatic rings. The van der Waals surface area contributed by atoms with E-state index in [2.05, 4.69) is 112 Å². The fourth-order valence-electron chi connectivity index (χ4n) is 4.31. The lowest BCUT2D eigenvalue weighted by Crippen LogP contribution is -2.09. The molecule has 0 fully saturated rings. The quantitative estimate of drug-likeness (QED) is 0.321. The zero-order chi connectivity index (χ0) is 18.4. The fraction of sp³-hybridized carbons (Fsp3) is 0.120. The maximum Gasteiger partial charge on any atom is 0.0538 e. The van der Waals surface area contributed by atoms with Crippen molar-refractivity contribution in [1.82, 2.24) is 4.57 Å². The number of hydrogen-bond donors (Lipinski definition) is 0. The van der Waals surface area contributed by atoms with Gasteiger partial charge in [0.25, 0.3) is 0 Å². The van der Waals surface area contributed by atoms with Crippen LogP contribution in [0.4, 0.5) is 0 Å². The van der Waals surface area contributed by atoms with Crippen molar-refractivity contribution >= 4 is 38.5 Å². The van der Waals surface area contributed by atoms with E-state index in [0.717, 1.165) is 10.9 Å². The van der Waals surface area contributed by atoms with Crippen molar-refractivity contribution in [3.05, 3.63) is 100 Å². The molecule has 1 aliphatic rings. The Morgan fingerprint density at radius 3 is 2.33 bits per heavy atom. The first kappa shape index (κ1) is 16.6. The molecule has 1 heterocycles. The first-order valence-corrected chi connectivity index (χ1v) is 10.2. The van der Waals surface area contributed by atoms with E-state index in [9.17, 15) is 0 Å². The number of hydrogen-bond acceptors (Lipinski definition) is 0. The molecule has 2 heteroatoms. The summed E-state index contributed by atoms with van der Waals surface area (Å²) in [6.07, 6.45) is 3.46. The molecule has 1 nitrogen and oxygen atoms in total. The number of para-hydroxylation sites is 1. The van der Waals surface area contributed by atoms with Crippen LogP contribution in [0.2, 0.25) is 0 Å². The molecule has 1 aromatic heterocycles. The second kappa shape index (κ2) is 6.54. The number of rotatable bonds is 2. The Labute approximate surface area is 168 Å². The van der Waals surface area contributed by atoms with Gasteiger partial charge in [0.05, 0.1) is 5.52 Å². The van der Waals surface area contributed by atoms with Crippen molar-refractivity contribution in [1.29, 1.82) is 0 Å². The third kappa shape index (κ3) is 2.76. The Morgan fingerprint density at radius 1 is 0.889 bits per heavy atom. The second-order valence-corrected chi connectivity index (χ2v) is 8.19. The van der Waals surface area contributed by atoms with Crippen molar-refractivity contribution in [3.8, 4) is 5.69 Å². The van der Waals surface area contributed by atoms with Gasteiger partial charge in [-0.25, -0.2) is 0 Å². The van der Waals surface area contributed by atoms with E-state index < -0.39 is 0 Å². The minimum absolute atomic E-state index is 0.451. The molecular weight excluding hydrogens is 394 g/mol. The molecule has 27 heavy (non-hydrogen) atoms. The van der Waals surface area contributed by atoms with Crippen molar-refractivity contribution in [2.45, 2.75) is 19.3 Å². The predicted octanol–water partition coefficient (Wildman–Crippen LogP) is 7.44. The smallest absolute Gasteiger partial charge is 0.0538 e. The summed E-state index contributed by atoms with van der Waals surface area (Å²) >= 11 is 3.67. The van der Waals surface area contributed by atoms with E-state index >= 15 is 0 Å². The van der Waals surface area contributed by atoms with Gasteiger partial charge >= 0.3 is 0 Å². The predicted molar refractivity (Wildman–Crippen MR) is 118 cm³/mol. The highest BCUT2D eigenvalue weighted by molar-refractivity contribution is 9.10. The molecule has 1 aliphatic carbocycles. The molecule has 0 saturated carbocycles. The van der Waals surface area contributed by atoms with Gasteiger partial charge in [-0.1, -0.05) is 71.4 Å². The summed E-state index contributed by atoms with van der Waals surface area (Å²) < 4.78 is 3.57. The maximum atomic E-state index is 3.67. The number of fused-ring (bicyclic) bond motifs is 3. The summed E-state index contributed by atoms with van der Waals surface area (Å²) in [4.78, 5) is 0. The molecule has 0 saturated heterocycles. The van der Waals surface area contributed by atoms with Crippen LogP contribution >= 0.6 is 15.9 Å². The molecule has 0 spiro atoms. The van der Waals surface area contributed by atoms with E-state index in [1.54, 1.807) is 0 Å². The lowest BCUT2D eigenvalue weighted by Gasteiger charge is -2.23. The Morgan fingerprint density at radius 2 is 1.59 bits per heavy atom. The summed E-state index contributed by atoms with van der Waals surface area (Å²) in [6.45, 7) is 2.35. The van der Waals surface area contributed by atoms with E-state index in [4.69, 9.17) is 0 Å². The van der Waals surface area contributed by atoms with Gasteiger partial charge in [-0.15, -0.1) is 0 Å². The molecule has 1 atom stereocenters. The van der Waals surface area contributed by atoms with Crippen molar-refractivity contribution in [2.24, 2.45) is 0 Å². The molecule has 0 aliphatic heterocycles. The Hall–Kier alpha value is -2.58. The standard InChI is InChI=1S/C25H20BrN/c1-17-14-19(18-8-4-2-5-9-18)15-23-22-16-20(26)12-13-24(22)27(25(17)23)21-10-6-3-7-11-21/h2-13,15-17H,14H2,1H3. The number of halogens is 1. The van der Waals surface area contributed by atoms with Gasteiger partial charge in [-0.3, -0.25) is 0 Å². The van der Waals surface area contributed by atoms with E-state index in [1.165, 1.54) is 39.0 Å². The molecule has 5 rings (SSSR count). The zero-order valence-electron chi connectivity index (χ0n) is 15.2. The van der Waals surface area contributed by atoms with E-state index in [-0.39, 0.29) is 0 Å². The molecule has 0 radical (unpaired) electrons. The van der Waals surface area contributed by atoms with Gasteiger partial charge in [-0.05, 0) is 54.0 Å². The van der Waals surface area contributed by atoms with E-state index in [1.807, 2.05) is 0 Å². The molecule has 0 amide bonds. The van der Waals surface area contributed by atoms with Gasteiger partial charge in [0.15, 0.2) is 0 Å². The van der Waals surface area contributed by atoms with Gasteiger partial charge < -0.3 is 4.57 Å². The zero-order valence-corrected chi connectivity index (χ0v) is 16.8. The molecule has 0 bridgehead atoms. The van der Waals surface area contributed by atoms with Crippen molar-refractivity contribution in [2.75, 3.05) is 0 Å². The molecule has 1 unspecified atom stereocenters. The topological polar surface area (TPSA) is 4.93 Å². The minimum atomic E-state index is 0.451. The van der Waals surface area contributed by atoms with Crippen LogP contribution in [0.1, 0.15) is 36.1 Å². The average molecular weight is 414 g/mol. The highest BCUT2D eigenvalue weighted by atomic mass is 79.9. The van der Waals surface area contributed by atoms with E-state index in [0.29, 0.717) is 5.92 Å². The van der Waals surface area contributed by atoms with Crippen LogP contribution in [0.3, 0.4) is 0 Å². The Bertz CT molecular complexity index is 1150. The summed E-state index contributed by atoms with van der Waals surface area (Å²) in [5, 5.41) is 1.31. The van der Waals surface area contributed by atoms with Gasteiger partial charge in [0.1, 0.15) is 0 Å². The van der Waals surface area contributed by atoms with Gasteiger partial charge in [-0.2, -0.15) is 0 Å². The van der Waals surface area contributed by atoms with Crippen LogP contribution in [0.25, 0.3) is 28.2 Å². The minimum Gasteiger partial charge on any atom is -0.313 e. The highest BCUT2D eigenvalue weighted by Crippen LogP contribution is 2.44. The van der Waals surface area contributed by atoms with Crippen LogP contribution in [-0.2, 0) is 0 Å². The van der Waals surface area contributed by atoms with Gasteiger partial charge in [0, 0.05) is 32.7 Å². The second-order valence-electron chi connectivity index (χ2n) is 7.27. The molecular formula is C25H20BrN. The molecule has 132 valence electrons. The average Bonchev–Trinajstić information content (AvgIpc) is 3.03. The third-order valence-electron chi connectivity index (χ3n) is 5.48. The van der Waals surface area contributed by atoms with Crippen LogP contribution in [0.5, 0.6) is 0 Å². The lowest BCUT2D eigenvalue weighted by atomic mass is 9.85. The SMILES string of the molecule is CC1CC(c2ccccc2)=Cc2c1n(-c1ccccc1)c1ccc(Br)cc21. The van der Waals surface area contributed by atoms with Crippen LogP contribution < -0.4 is 0 Å². The largest absolute Gasteiger partial charge is 0.313 e. The summed E-state index contributed by atoms with van der Waals surface area (Å²) in [7, 11) is 0. The van der Waals surface area contributed by atoms with Crippen molar-refractivity contribution < 1.29 is 0 Å². The first-order chi connectivity index (χ1) is 13.2. The van der Waals surface area contributed by atoms with Crippen molar-refractivity contribution in [3.63, 3.8) is 0 Å². The highest BCUT2D eigenvalue weighted by Gasteiger charge is 2.26. The third-order valence-corrected chi connectivity index (χ3v) is 5.97. The summed E-state index contributed by atoms with van der Waals surface area (Å²) in [5.41, 5.74) is 8.01. The number of aromatic nitrogens is 1. The number of nitrogens with zero attached hydrogens (tertiary/aromatic N) is 1. The number of allylic oxidation sites excluding steroid dienone is 1.